The summed E-state index contributed by atoms with van der Waals surface area (Å²) in [4.78, 5) is 18.2. The van der Waals surface area contributed by atoms with Gasteiger partial charge in [-0.1, -0.05) is 0 Å². The van der Waals surface area contributed by atoms with Crippen molar-refractivity contribution in [3.05, 3.63) is 30.4 Å². The number of aryl methyl sites for hydroxylation is 1. The van der Waals surface area contributed by atoms with Gasteiger partial charge in [0.15, 0.2) is 0 Å². The first kappa shape index (κ1) is 14.0. The van der Waals surface area contributed by atoms with E-state index in [2.05, 4.69) is 36.2 Å². The van der Waals surface area contributed by atoms with Crippen molar-refractivity contribution in [1.29, 1.82) is 0 Å². The monoisotopic (exact) mass is 322 g/mol. The number of hydrogen-bond donors (Lipinski definition) is 3. The molecule has 0 saturated carbocycles. The lowest BCUT2D eigenvalue weighted by Crippen LogP contribution is -2.65. The van der Waals surface area contributed by atoms with Crippen molar-refractivity contribution < 1.29 is 0 Å². The molecule has 5 rings (SSSR count). The molecule has 2 aliphatic heterocycles. The Hall–Kier alpha value is -2.34. The molecule has 2 saturated heterocycles. The third-order valence-corrected chi connectivity index (χ3v) is 5.53. The minimum Gasteiger partial charge on any atom is -0.369 e. The highest BCUT2D eigenvalue weighted by molar-refractivity contribution is 6.01. The van der Waals surface area contributed by atoms with E-state index in [1.165, 1.54) is 30.3 Å². The molecule has 0 bridgehead atoms. The molecule has 1 unspecified atom stereocenters. The first-order valence-electron chi connectivity index (χ1n) is 8.72. The maximum atomic E-state index is 4.52. The summed E-state index contributed by atoms with van der Waals surface area (Å²) >= 11 is 0. The van der Waals surface area contributed by atoms with Crippen molar-refractivity contribution in [3.63, 3.8) is 0 Å². The number of fused-ring (bicyclic) bond motifs is 1. The Morgan fingerprint density at radius 3 is 2.92 bits per heavy atom. The molecule has 3 aromatic heterocycles. The zero-order valence-electron chi connectivity index (χ0n) is 13.9. The van der Waals surface area contributed by atoms with Crippen LogP contribution in [-0.4, -0.2) is 45.1 Å². The largest absolute Gasteiger partial charge is 0.369 e. The van der Waals surface area contributed by atoms with Crippen LogP contribution < -0.4 is 10.2 Å². The molecule has 0 aromatic carbocycles. The normalized spacial score (nSPS) is 23.8. The Bertz CT molecular complexity index is 888. The van der Waals surface area contributed by atoms with Gasteiger partial charge in [-0.05, 0) is 38.8 Å². The minimum atomic E-state index is 0.325. The fraction of sp³-hybridized carbons (Fsp3) is 0.444. The first-order chi connectivity index (χ1) is 11.7. The van der Waals surface area contributed by atoms with Gasteiger partial charge in [-0.25, -0.2) is 9.97 Å². The van der Waals surface area contributed by atoms with E-state index in [9.17, 15) is 0 Å². The third-order valence-electron chi connectivity index (χ3n) is 5.53. The standard InChI is InChI=1S/C18H22N6/c1-12-9-20-16(23-12)13-10-21-17-15(13)14(3-6-19-17)24-8-2-4-18(11-24)5-7-22-18/h3,6,9-10,22H,2,4-5,7-8,11H2,1H3,(H,19,21)(H,20,23). The van der Waals surface area contributed by atoms with Gasteiger partial charge >= 0.3 is 0 Å². The van der Waals surface area contributed by atoms with Crippen molar-refractivity contribution in [1.82, 2.24) is 25.3 Å². The highest BCUT2D eigenvalue weighted by Crippen LogP contribution is 2.38. The highest BCUT2D eigenvalue weighted by atomic mass is 15.2. The van der Waals surface area contributed by atoms with Gasteiger partial charge in [-0.2, -0.15) is 0 Å². The Morgan fingerprint density at radius 2 is 2.17 bits per heavy atom. The van der Waals surface area contributed by atoms with Crippen LogP contribution in [0.2, 0.25) is 0 Å². The van der Waals surface area contributed by atoms with Gasteiger partial charge in [-0.3, -0.25) is 0 Å². The van der Waals surface area contributed by atoms with Gasteiger partial charge in [0.05, 0.1) is 11.1 Å². The number of nitrogens with zero attached hydrogens (tertiary/aromatic N) is 3. The Labute approximate surface area is 140 Å². The van der Waals surface area contributed by atoms with E-state index in [-0.39, 0.29) is 0 Å². The van der Waals surface area contributed by atoms with Crippen LogP contribution >= 0.6 is 0 Å². The molecule has 24 heavy (non-hydrogen) atoms. The summed E-state index contributed by atoms with van der Waals surface area (Å²) < 4.78 is 0. The summed E-state index contributed by atoms with van der Waals surface area (Å²) in [6.07, 6.45) is 9.60. The molecule has 6 nitrogen and oxygen atoms in total. The second-order valence-corrected chi connectivity index (χ2v) is 7.15. The number of imidazole rings is 1. The van der Waals surface area contributed by atoms with Crippen molar-refractivity contribution in [2.24, 2.45) is 0 Å². The Morgan fingerprint density at radius 1 is 1.25 bits per heavy atom. The summed E-state index contributed by atoms with van der Waals surface area (Å²) in [7, 11) is 0. The Balaban J connectivity index is 1.61. The molecule has 0 aliphatic carbocycles. The second kappa shape index (κ2) is 5.08. The average molecular weight is 322 g/mol. The number of aromatic amines is 2. The predicted molar refractivity (Wildman–Crippen MR) is 95.2 cm³/mol. The maximum absolute atomic E-state index is 4.52. The van der Waals surface area contributed by atoms with E-state index in [0.717, 1.165) is 42.4 Å². The molecular weight excluding hydrogens is 300 g/mol. The molecule has 0 radical (unpaired) electrons. The van der Waals surface area contributed by atoms with Gasteiger partial charge < -0.3 is 20.2 Å². The number of piperidine rings is 1. The van der Waals surface area contributed by atoms with Crippen LogP contribution in [0.15, 0.2) is 24.7 Å². The first-order valence-corrected chi connectivity index (χ1v) is 8.72. The Kier molecular flexibility index (Phi) is 2.97. The molecule has 5 heterocycles. The molecule has 0 amide bonds. The number of rotatable bonds is 2. The van der Waals surface area contributed by atoms with Crippen LogP contribution in [-0.2, 0) is 0 Å². The molecule has 124 valence electrons. The van der Waals surface area contributed by atoms with Gasteiger partial charge in [0, 0.05) is 48.5 Å². The topological polar surface area (TPSA) is 72.6 Å². The van der Waals surface area contributed by atoms with E-state index < -0.39 is 0 Å². The molecule has 6 heteroatoms. The number of aromatic nitrogens is 4. The van der Waals surface area contributed by atoms with Gasteiger partial charge in [0.1, 0.15) is 11.5 Å². The number of H-pyrrole nitrogens is 2. The van der Waals surface area contributed by atoms with Crippen LogP contribution in [0.25, 0.3) is 22.4 Å². The SMILES string of the molecule is Cc1cnc(-c2c[nH]c3nccc(N4CCCC5(CCN5)C4)c23)[nH]1. The van der Waals surface area contributed by atoms with Gasteiger partial charge in [0.2, 0.25) is 0 Å². The number of nitrogens with one attached hydrogen (secondary N) is 3. The van der Waals surface area contributed by atoms with Crippen molar-refractivity contribution >= 4 is 16.7 Å². The third kappa shape index (κ3) is 2.06. The lowest BCUT2D eigenvalue weighted by atomic mass is 9.80. The minimum absolute atomic E-state index is 0.325. The lowest BCUT2D eigenvalue weighted by Gasteiger charge is -2.50. The molecule has 3 N–H and O–H groups in total. The van der Waals surface area contributed by atoms with Crippen LogP contribution in [0.1, 0.15) is 25.0 Å². The van der Waals surface area contributed by atoms with E-state index in [1.807, 2.05) is 25.5 Å². The van der Waals surface area contributed by atoms with Crippen LogP contribution in [0.3, 0.4) is 0 Å². The fourth-order valence-corrected chi connectivity index (χ4v) is 4.20. The zero-order valence-corrected chi connectivity index (χ0v) is 13.9. The highest BCUT2D eigenvalue weighted by Gasteiger charge is 2.40. The van der Waals surface area contributed by atoms with E-state index in [1.54, 1.807) is 0 Å². The molecule has 2 aliphatic rings. The van der Waals surface area contributed by atoms with Gasteiger partial charge in [0.25, 0.3) is 0 Å². The molecule has 1 atom stereocenters. The number of anilines is 1. The second-order valence-electron chi connectivity index (χ2n) is 7.15. The number of hydrogen-bond acceptors (Lipinski definition) is 4. The molecule has 2 fully saturated rings. The summed E-state index contributed by atoms with van der Waals surface area (Å²) in [5, 5.41) is 4.84. The van der Waals surface area contributed by atoms with Crippen molar-refractivity contribution in [3.8, 4) is 11.4 Å². The molecule has 3 aromatic rings. The average Bonchev–Trinajstić information content (AvgIpc) is 3.19. The molecule has 1 spiro atoms. The van der Waals surface area contributed by atoms with Crippen LogP contribution in [0.5, 0.6) is 0 Å². The predicted octanol–water partition coefficient (Wildman–Crippen LogP) is 2.59. The smallest absolute Gasteiger partial charge is 0.140 e. The van der Waals surface area contributed by atoms with Crippen LogP contribution in [0.4, 0.5) is 5.69 Å². The summed E-state index contributed by atoms with van der Waals surface area (Å²) in [5.74, 6) is 0.904. The van der Waals surface area contributed by atoms with Crippen molar-refractivity contribution in [2.45, 2.75) is 31.7 Å². The maximum Gasteiger partial charge on any atom is 0.140 e. The van der Waals surface area contributed by atoms with Gasteiger partial charge in [-0.15, -0.1) is 0 Å². The molecular formula is C18H22N6. The zero-order chi connectivity index (χ0) is 16.1. The summed E-state index contributed by atoms with van der Waals surface area (Å²) in [6, 6.07) is 2.15. The quantitative estimate of drug-likeness (QED) is 0.678. The number of pyridine rings is 1. The lowest BCUT2D eigenvalue weighted by molar-refractivity contribution is 0.175. The van der Waals surface area contributed by atoms with E-state index >= 15 is 0 Å². The van der Waals surface area contributed by atoms with E-state index in [4.69, 9.17) is 0 Å². The fourth-order valence-electron chi connectivity index (χ4n) is 4.20. The van der Waals surface area contributed by atoms with Crippen LogP contribution in [0, 0.1) is 6.92 Å². The summed E-state index contributed by atoms with van der Waals surface area (Å²) in [6.45, 7) is 5.36. The summed E-state index contributed by atoms with van der Waals surface area (Å²) in [5.41, 5.74) is 4.68. The van der Waals surface area contributed by atoms with Crippen molar-refractivity contribution in [2.75, 3.05) is 24.5 Å². The van der Waals surface area contributed by atoms with E-state index in [0.29, 0.717) is 5.54 Å².